The van der Waals surface area contributed by atoms with E-state index in [1.807, 2.05) is 6.92 Å². The maximum absolute atomic E-state index is 11.9. The number of nitrogens with one attached hydrogen (secondary N) is 1. The maximum Gasteiger partial charge on any atom is 0.262 e. The number of carbonyl (C=O) groups excluding carboxylic acids is 1. The van der Waals surface area contributed by atoms with Crippen LogP contribution in [0.2, 0.25) is 0 Å². The van der Waals surface area contributed by atoms with Crippen LogP contribution in [0.25, 0.3) is 0 Å². The number of hydrogen-bond acceptors (Lipinski definition) is 3. The van der Waals surface area contributed by atoms with Crippen molar-refractivity contribution in [1.82, 2.24) is 5.32 Å². The van der Waals surface area contributed by atoms with Crippen LogP contribution in [0.1, 0.15) is 30.1 Å². The third-order valence-electron chi connectivity index (χ3n) is 2.87. The minimum atomic E-state index is -3.87. The van der Waals surface area contributed by atoms with E-state index in [0.717, 1.165) is 12.8 Å². The molecule has 0 radical (unpaired) electrons. The van der Waals surface area contributed by atoms with Crippen LogP contribution in [-0.4, -0.2) is 19.9 Å². The number of benzene rings is 1. The van der Waals surface area contributed by atoms with Gasteiger partial charge in [-0.2, -0.15) is 0 Å². The lowest BCUT2D eigenvalue weighted by molar-refractivity contribution is 0.0935. The Morgan fingerprint density at radius 2 is 2.06 bits per heavy atom. The van der Waals surface area contributed by atoms with Gasteiger partial charge in [0.1, 0.15) is 0 Å². The number of rotatable bonds is 3. The standard InChI is InChI=1S/C11H11BrClNO3S/c1-11(4-5-11)14-10(15)7-2-3-8(12)9(6-7)18(13,16)17/h2-3,6H,4-5H2,1H3,(H,14,15). The highest BCUT2D eigenvalue weighted by Gasteiger charge is 2.38. The first-order valence-electron chi connectivity index (χ1n) is 5.28. The molecule has 2 rings (SSSR count). The summed E-state index contributed by atoms with van der Waals surface area (Å²) in [7, 11) is 1.42. The van der Waals surface area contributed by atoms with Gasteiger partial charge in [0.25, 0.3) is 15.0 Å². The van der Waals surface area contributed by atoms with Gasteiger partial charge in [-0.1, -0.05) is 0 Å². The monoisotopic (exact) mass is 351 g/mol. The van der Waals surface area contributed by atoms with Gasteiger partial charge in [-0.15, -0.1) is 0 Å². The predicted molar refractivity (Wildman–Crippen MR) is 72.3 cm³/mol. The van der Waals surface area contributed by atoms with Crippen LogP contribution in [0.4, 0.5) is 0 Å². The van der Waals surface area contributed by atoms with Gasteiger partial charge in [-0.25, -0.2) is 8.42 Å². The zero-order chi connectivity index (χ0) is 13.6. The van der Waals surface area contributed by atoms with Gasteiger partial charge in [-0.3, -0.25) is 4.79 Å². The molecule has 0 aromatic heterocycles. The fraction of sp³-hybridized carbons (Fsp3) is 0.364. The number of carbonyl (C=O) groups is 1. The average Bonchev–Trinajstić information content (AvgIpc) is 2.94. The molecule has 1 N–H and O–H groups in total. The van der Waals surface area contributed by atoms with E-state index in [-0.39, 0.29) is 21.9 Å². The Morgan fingerprint density at radius 3 is 2.56 bits per heavy atom. The van der Waals surface area contributed by atoms with Crippen LogP contribution in [0.15, 0.2) is 27.6 Å². The summed E-state index contributed by atoms with van der Waals surface area (Å²) in [4.78, 5) is 11.8. The lowest BCUT2D eigenvalue weighted by Gasteiger charge is -2.12. The molecule has 0 spiro atoms. The van der Waals surface area contributed by atoms with Crippen molar-refractivity contribution in [2.45, 2.75) is 30.2 Å². The third-order valence-corrected chi connectivity index (χ3v) is 5.19. The van der Waals surface area contributed by atoms with Gasteiger partial charge in [-0.05, 0) is 53.9 Å². The fourth-order valence-corrected chi connectivity index (χ4v) is 3.61. The molecular weight excluding hydrogens is 342 g/mol. The molecule has 0 saturated heterocycles. The van der Waals surface area contributed by atoms with Crippen LogP contribution in [0.3, 0.4) is 0 Å². The number of amides is 1. The summed E-state index contributed by atoms with van der Waals surface area (Å²) >= 11 is 3.09. The number of halogens is 2. The van der Waals surface area contributed by atoms with Crippen molar-refractivity contribution in [2.75, 3.05) is 0 Å². The van der Waals surface area contributed by atoms with Crippen molar-refractivity contribution in [3.63, 3.8) is 0 Å². The highest BCUT2D eigenvalue weighted by Crippen LogP contribution is 2.35. The molecular formula is C11H11BrClNO3S. The van der Waals surface area contributed by atoms with Crippen molar-refractivity contribution in [3.05, 3.63) is 28.2 Å². The SMILES string of the molecule is CC1(NC(=O)c2ccc(Br)c(S(=O)(=O)Cl)c2)CC1. The van der Waals surface area contributed by atoms with Gasteiger partial charge < -0.3 is 5.32 Å². The lowest BCUT2D eigenvalue weighted by atomic mass is 10.2. The average molecular weight is 353 g/mol. The fourth-order valence-electron chi connectivity index (χ4n) is 1.49. The van der Waals surface area contributed by atoms with E-state index in [0.29, 0.717) is 4.47 Å². The van der Waals surface area contributed by atoms with Crippen molar-refractivity contribution >= 4 is 41.6 Å². The zero-order valence-corrected chi connectivity index (χ0v) is 12.7. The Kier molecular flexibility index (Phi) is 3.46. The summed E-state index contributed by atoms with van der Waals surface area (Å²) in [6.07, 6.45) is 1.88. The molecule has 0 aliphatic heterocycles. The van der Waals surface area contributed by atoms with Crippen LogP contribution in [-0.2, 0) is 9.05 Å². The molecule has 0 unspecified atom stereocenters. The minimum absolute atomic E-state index is 0.0993. The third kappa shape index (κ3) is 3.05. The molecule has 0 bridgehead atoms. The first kappa shape index (κ1) is 13.8. The number of hydrogen-bond donors (Lipinski definition) is 1. The molecule has 1 fully saturated rings. The lowest BCUT2D eigenvalue weighted by Crippen LogP contribution is -2.34. The Hall–Kier alpha value is -0.590. The minimum Gasteiger partial charge on any atom is -0.347 e. The summed E-state index contributed by atoms with van der Waals surface area (Å²) in [5.74, 6) is -0.288. The van der Waals surface area contributed by atoms with Gasteiger partial charge in [0.05, 0.1) is 4.90 Å². The molecule has 7 heteroatoms. The largest absolute Gasteiger partial charge is 0.347 e. The second kappa shape index (κ2) is 4.51. The van der Waals surface area contributed by atoms with Crippen molar-refractivity contribution in [3.8, 4) is 0 Å². The summed E-state index contributed by atoms with van der Waals surface area (Å²) in [6.45, 7) is 1.95. The first-order valence-corrected chi connectivity index (χ1v) is 8.38. The van der Waals surface area contributed by atoms with Crippen LogP contribution < -0.4 is 5.32 Å². The second-order valence-electron chi connectivity index (χ2n) is 4.60. The molecule has 0 atom stereocenters. The summed E-state index contributed by atoms with van der Waals surface area (Å²) in [5.41, 5.74) is 0.134. The van der Waals surface area contributed by atoms with Gasteiger partial charge >= 0.3 is 0 Å². The van der Waals surface area contributed by atoms with E-state index in [2.05, 4.69) is 21.2 Å². The highest BCUT2D eigenvalue weighted by molar-refractivity contribution is 9.10. The van der Waals surface area contributed by atoms with E-state index >= 15 is 0 Å². The molecule has 18 heavy (non-hydrogen) atoms. The molecule has 1 aliphatic carbocycles. The van der Waals surface area contributed by atoms with Crippen molar-refractivity contribution < 1.29 is 13.2 Å². The molecule has 1 aliphatic rings. The first-order chi connectivity index (χ1) is 8.21. The zero-order valence-electron chi connectivity index (χ0n) is 9.54. The van der Waals surface area contributed by atoms with E-state index < -0.39 is 9.05 Å². The van der Waals surface area contributed by atoms with Gasteiger partial charge in [0, 0.05) is 26.3 Å². The molecule has 1 amide bonds. The van der Waals surface area contributed by atoms with E-state index in [9.17, 15) is 13.2 Å². The van der Waals surface area contributed by atoms with E-state index in [1.165, 1.54) is 12.1 Å². The second-order valence-corrected chi connectivity index (χ2v) is 7.99. The Labute approximate surface area is 118 Å². The molecule has 4 nitrogen and oxygen atoms in total. The maximum atomic E-state index is 11.9. The van der Waals surface area contributed by atoms with Crippen molar-refractivity contribution in [1.29, 1.82) is 0 Å². The Morgan fingerprint density at radius 1 is 1.44 bits per heavy atom. The van der Waals surface area contributed by atoms with E-state index in [4.69, 9.17) is 10.7 Å². The van der Waals surface area contributed by atoms with E-state index in [1.54, 1.807) is 6.07 Å². The predicted octanol–water partition coefficient (Wildman–Crippen LogP) is 2.66. The van der Waals surface area contributed by atoms with Gasteiger partial charge in [0.2, 0.25) is 0 Å². The summed E-state index contributed by atoms with van der Waals surface area (Å²) in [6, 6.07) is 4.32. The molecule has 1 aromatic rings. The normalized spacial score (nSPS) is 17.3. The summed E-state index contributed by atoms with van der Waals surface area (Å²) in [5, 5.41) is 2.85. The van der Waals surface area contributed by atoms with Crippen LogP contribution in [0.5, 0.6) is 0 Å². The molecule has 0 heterocycles. The van der Waals surface area contributed by atoms with Crippen molar-refractivity contribution in [2.24, 2.45) is 0 Å². The molecule has 1 aromatic carbocycles. The Bertz CT molecular complexity index is 611. The quantitative estimate of drug-likeness (QED) is 0.851. The molecule has 1 saturated carbocycles. The highest BCUT2D eigenvalue weighted by atomic mass is 79.9. The van der Waals surface area contributed by atoms with Gasteiger partial charge in [0.15, 0.2) is 0 Å². The topological polar surface area (TPSA) is 63.2 Å². The molecule has 98 valence electrons. The van der Waals surface area contributed by atoms with Crippen LogP contribution in [0, 0.1) is 0 Å². The van der Waals surface area contributed by atoms with Crippen LogP contribution >= 0.6 is 26.6 Å². The smallest absolute Gasteiger partial charge is 0.262 e. The Balaban J connectivity index is 2.32. The summed E-state index contributed by atoms with van der Waals surface area (Å²) < 4.78 is 23.0.